The largest absolute Gasteiger partial charge is 0.465 e. The Morgan fingerprint density at radius 1 is 0.875 bits per heavy atom. The summed E-state index contributed by atoms with van der Waals surface area (Å²) in [7, 11) is 0. The van der Waals surface area contributed by atoms with Gasteiger partial charge >= 0.3 is 12.0 Å². The molecule has 3 saturated heterocycles. The first-order valence-corrected chi connectivity index (χ1v) is 19.5. The van der Waals surface area contributed by atoms with Crippen LogP contribution >= 0.6 is 0 Å². The molecule has 0 aromatic heterocycles. The van der Waals surface area contributed by atoms with Crippen LogP contribution in [0.2, 0.25) is 0 Å². The third-order valence-electron chi connectivity index (χ3n) is 11.2. The predicted molar refractivity (Wildman–Crippen MR) is 212 cm³/mol. The Morgan fingerprint density at radius 2 is 1.61 bits per heavy atom. The first kappa shape index (κ1) is 39.0. The topological polar surface area (TPSA) is 142 Å². The highest BCUT2D eigenvalue weighted by molar-refractivity contribution is 5.93. The van der Waals surface area contributed by atoms with Crippen molar-refractivity contribution in [3.05, 3.63) is 125 Å². The van der Waals surface area contributed by atoms with E-state index in [2.05, 4.69) is 50.9 Å². The van der Waals surface area contributed by atoms with E-state index in [0.29, 0.717) is 13.2 Å². The number of rotatable bonds is 12. The highest BCUT2D eigenvalue weighted by Crippen LogP contribution is 2.43. The molecular formula is C44H51N5O7. The number of nitrogens with zero attached hydrogens (tertiary/aromatic N) is 2. The van der Waals surface area contributed by atoms with Crippen LogP contribution in [0.25, 0.3) is 11.1 Å². The number of aliphatic hydroxyl groups is 1. The van der Waals surface area contributed by atoms with Crippen LogP contribution in [0.15, 0.2) is 103 Å². The Bertz CT molecular complexity index is 1970. The van der Waals surface area contributed by atoms with Crippen LogP contribution in [0.3, 0.4) is 0 Å². The SMILES string of the molecule is CCOC(=O)CNC(=O)NCc1cccc(-c2cccc([C@H]3O[C@@H](CN4CCC5(CC4)C(=O)NCN5c4ccccc4)[C@@H](C)[C@@H](c4ccc(CO)cc4)O3)c2)c1. The quantitative estimate of drug-likeness (QED) is 0.139. The van der Waals surface area contributed by atoms with Gasteiger partial charge in [-0.25, -0.2) is 4.79 Å². The summed E-state index contributed by atoms with van der Waals surface area (Å²) < 4.78 is 18.5. The van der Waals surface area contributed by atoms with E-state index in [-0.39, 0.29) is 50.3 Å². The summed E-state index contributed by atoms with van der Waals surface area (Å²) in [5, 5.41) is 18.1. The number of benzene rings is 4. The van der Waals surface area contributed by atoms with Crippen molar-refractivity contribution in [2.45, 2.75) is 63.9 Å². The van der Waals surface area contributed by atoms with Crippen molar-refractivity contribution >= 4 is 23.6 Å². The number of hydrogen-bond acceptors (Lipinski definition) is 9. The maximum absolute atomic E-state index is 13.3. The summed E-state index contributed by atoms with van der Waals surface area (Å²) in [6.45, 7) is 6.92. The molecule has 12 nitrogen and oxygen atoms in total. The fraction of sp³-hybridized carbons (Fsp3) is 0.386. The molecule has 3 aliphatic heterocycles. The van der Waals surface area contributed by atoms with Crippen LogP contribution in [0.4, 0.5) is 10.5 Å². The van der Waals surface area contributed by atoms with Gasteiger partial charge in [-0.05, 0) is 71.8 Å². The molecule has 3 amide bonds. The highest BCUT2D eigenvalue weighted by atomic mass is 16.7. The summed E-state index contributed by atoms with van der Waals surface area (Å²) in [6.07, 6.45) is 0.369. The molecule has 12 heteroatoms. The molecule has 56 heavy (non-hydrogen) atoms. The minimum atomic E-state index is -0.642. The lowest BCUT2D eigenvalue weighted by molar-refractivity contribution is -0.276. The zero-order valence-corrected chi connectivity index (χ0v) is 32.0. The van der Waals surface area contributed by atoms with E-state index < -0.39 is 23.8 Å². The monoisotopic (exact) mass is 761 g/mol. The Hall–Kier alpha value is -5.27. The van der Waals surface area contributed by atoms with Crippen LogP contribution in [0.1, 0.15) is 61.3 Å². The lowest BCUT2D eigenvalue weighted by Gasteiger charge is -2.46. The lowest BCUT2D eigenvalue weighted by atomic mass is 9.84. The van der Waals surface area contributed by atoms with Gasteiger partial charge in [-0.15, -0.1) is 0 Å². The van der Waals surface area contributed by atoms with Gasteiger partial charge in [0.2, 0.25) is 5.91 Å². The van der Waals surface area contributed by atoms with Crippen LogP contribution in [0, 0.1) is 5.92 Å². The number of likely N-dealkylation sites (tertiary alicyclic amines) is 1. The van der Waals surface area contributed by atoms with Gasteiger partial charge in [-0.3, -0.25) is 9.59 Å². The van der Waals surface area contributed by atoms with Gasteiger partial charge in [0, 0.05) is 43.3 Å². The number of esters is 1. The van der Waals surface area contributed by atoms with Crippen LogP contribution in [-0.4, -0.2) is 79.0 Å². The summed E-state index contributed by atoms with van der Waals surface area (Å²) in [5.41, 5.74) is 6.08. The average Bonchev–Trinajstić information content (AvgIpc) is 3.55. The number of carbonyl (C=O) groups is 3. The first-order chi connectivity index (χ1) is 27.3. The van der Waals surface area contributed by atoms with Crippen molar-refractivity contribution in [1.29, 1.82) is 0 Å². The van der Waals surface area contributed by atoms with E-state index >= 15 is 0 Å². The molecule has 0 aliphatic carbocycles. The number of urea groups is 1. The number of amides is 3. The van der Waals surface area contributed by atoms with Crippen molar-refractivity contribution < 1.29 is 33.7 Å². The van der Waals surface area contributed by atoms with E-state index in [9.17, 15) is 19.5 Å². The molecule has 4 aromatic rings. The second kappa shape index (κ2) is 17.7. The summed E-state index contributed by atoms with van der Waals surface area (Å²) in [5.74, 6) is -0.377. The number of aliphatic hydroxyl groups excluding tert-OH is 1. The van der Waals surface area contributed by atoms with E-state index in [4.69, 9.17) is 14.2 Å². The lowest BCUT2D eigenvalue weighted by Crippen LogP contribution is -2.57. The predicted octanol–water partition coefficient (Wildman–Crippen LogP) is 5.43. The number of anilines is 1. The van der Waals surface area contributed by atoms with Gasteiger partial charge in [-0.2, -0.15) is 0 Å². The van der Waals surface area contributed by atoms with Crippen molar-refractivity contribution in [1.82, 2.24) is 20.9 Å². The second-order valence-corrected chi connectivity index (χ2v) is 14.7. The van der Waals surface area contributed by atoms with Gasteiger partial charge in [0.05, 0.1) is 32.1 Å². The number of para-hydroxylation sites is 1. The van der Waals surface area contributed by atoms with E-state index in [0.717, 1.165) is 65.0 Å². The van der Waals surface area contributed by atoms with Gasteiger partial charge in [0.1, 0.15) is 12.1 Å². The van der Waals surface area contributed by atoms with Crippen LogP contribution in [-0.2, 0) is 37.0 Å². The third kappa shape index (κ3) is 8.74. The molecule has 0 bridgehead atoms. The molecule has 294 valence electrons. The van der Waals surface area contributed by atoms with Crippen molar-refractivity contribution in [3.8, 4) is 11.1 Å². The maximum Gasteiger partial charge on any atom is 0.325 e. The number of carbonyl (C=O) groups excluding carboxylic acids is 3. The second-order valence-electron chi connectivity index (χ2n) is 14.7. The molecule has 3 heterocycles. The third-order valence-corrected chi connectivity index (χ3v) is 11.2. The minimum Gasteiger partial charge on any atom is -0.465 e. The molecule has 4 atom stereocenters. The Labute approximate surface area is 328 Å². The van der Waals surface area contributed by atoms with Crippen molar-refractivity contribution in [3.63, 3.8) is 0 Å². The fourth-order valence-corrected chi connectivity index (χ4v) is 8.06. The van der Waals surface area contributed by atoms with Crippen LogP contribution < -0.4 is 20.9 Å². The molecule has 4 N–H and O–H groups in total. The molecule has 3 aliphatic rings. The van der Waals surface area contributed by atoms with Crippen LogP contribution in [0.5, 0.6) is 0 Å². The zero-order chi connectivity index (χ0) is 39.1. The fourth-order valence-electron chi connectivity index (χ4n) is 8.06. The molecule has 3 fully saturated rings. The molecule has 0 radical (unpaired) electrons. The van der Waals surface area contributed by atoms with E-state index in [1.165, 1.54) is 0 Å². The zero-order valence-electron chi connectivity index (χ0n) is 32.0. The molecule has 4 aromatic carbocycles. The van der Waals surface area contributed by atoms with Gasteiger partial charge in [0.25, 0.3) is 0 Å². The smallest absolute Gasteiger partial charge is 0.325 e. The maximum atomic E-state index is 13.3. The Balaban J connectivity index is 1.06. The number of piperidine rings is 1. The number of hydrogen-bond donors (Lipinski definition) is 4. The Morgan fingerprint density at radius 3 is 2.34 bits per heavy atom. The normalized spacial score (nSPS) is 22.1. The standard InChI is InChI=1S/C44H51N5O7/c1-3-54-39(51)26-46-43(53)45-25-32-9-7-10-34(23-32)35-11-8-12-36(24-35)41-55-38(30(2)40(56-41)33-17-15-31(28-50)16-18-33)27-48-21-19-44(20-22-48)42(52)47-29-49(44)37-13-5-4-6-14-37/h4-18,23-24,30,38,40-41,50H,3,19-22,25-29H2,1-2H3,(H,47,52)(H2,45,46,53)/t30-,38+,40+,41+/m1/s1. The van der Waals surface area contributed by atoms with Gasteiger partial charge < -0.3 is 45.1 Å². The highest BCUT2D eigenvalue weighted by Gasteiger charge is 2.51. The summed E-state index contributed by atoms with van der Waals surface area (Å²) in [6, 6.07) is 33.7. The molecular weight excluding hydrogens is 711 g/mol. The summed E-state index contributed by atoms with van der Waals surface area (Å²) in [4.78, 5) is 41.9. The molecule has 0 saturated carbocycles. The molecule has 0 unspecified atom stereocenters. The van der Waals surface area contributed by atoms with Gasteiger partial charge in [0.15, 0.2) is 6.29 Å². The van der Waals surface area contributed by atoms with E-state index in [1.54, 1.807) is 6.92 Å². The van der Waals surface area contributed by atoms with Crippen molar-refractivity contribution in [2.75, 3.05) is 44.4 Å². The molecule has 7 rings (SSSR count). The Kier molecular flexibility index (Phi) is 12.3. The average molecular weight is 762 g/mol. The van der Waals surface area contributed by atoms with Crippen molar-refractivity contribution in [2.24, 2.45) is 5.92 Å². The first-order valence-electron chi connectivity index (χ1n) is 19.5. The number of ether oxygens (including phenoxy) is 3. The minimum absolute atomic E-state index is 0.0135. The molecule has 1 spiro atoms. The number of nitrogens with one attached hydrogen (secondary N) is 3. The van der Waals surface area contributed by atoms with E-state index in [1.807, 2.05) is 84.9 Å². The summed E-state index contributed by atoms with van der Waals surface area (Å²) >= 11 is 0. The van der Waals surface area contributed by atoms with Gasteiger partial charge in [-0.1, -0.05) is 85.8 Å².